The molecule has 0 bridgehead atoms. The molecule has 0 unspecified atom stereocenters. The first-order valence-electron chi connectivity index (χ1n) is 6.47. The molecular formula is C13H25N3. The minimum absolute atomic E-state index is 0.405. The highest BCUT2D eigenvalue weighted by atomic mass is 15.2. The highest BCUT2D eigenvalue weighted by Crippen LogP contribution is 2.22. The summed E-state index contributed by atoms with van der Waals surface area (Å²) in [6, 6.07) is 0.405. The molecule has 1 aromatic heterocycles. The van der Waals surface area contributed by atoms with Gasteiger partial charge in [-0.1, -0.05) is 26.7 Å². The lowest BCUT2D eigenvalue weighted by atomic mass is 10.1. The van der Waals surface area contributed by atoms with E-state index in [9.17, 15) is 0 Å². The first-order chi connectivity index (χ1) is 7.61. The van der Waals surface area contributed by atoms with Crippen LogP contribution in [0, 0.1) is 0 Å². The standard InChI is InChI=1S/C13H25N3/c1-5-7-8-9-11-13(14)16(10(3)4)12(6-2)15-11/h10H,5-9,14H2,1-4H3. The lowest BCUT2D eigenvalue weighted by Gasteiger charge is -2.12. The molecule has 0 aromatic carbocycles. The quantitative estimate of drug-likeness (QED) is 0.752. The summed E-state index contributed by atoms with van der Waals surface area (Å²) in [7, 11) is 0. The van der Waals surface area contributed by atoms with Gasteiger partial charge in [0.15, 0.2) is 0 Å². The van der Waals surface area contributed by atoms with Crippen molar-refractivity contribution in [3.8, 4) is 0 Å². The number of nitrogens with two attached hydrogens (primary N) is 1. The van der Waals surface area contributed by atoms with Crippen LogP contribution in [-0.2, 0) is 12.8 Å². The van der Waals surface area contributed by atoms with Crippen molar-refractivity contribution in [2.45, 2.75) is 65.8 Å². The summed E-state index contributed by atoms with van der Waals surface area (Å²) < 4.78 is 2.17. The molecule has 0 amide bonds. The molecule has 0 spiro atoms. The number of hydrogen-bond acceptors (Lipinski definition) is 2. The molecule has 0 saturated carbocycles. The van der Waals surface area contributed by atoms with Crippen LogP contribution in [0.15, 0.2) is 0 Å². The molecule has 92 valence electrons. The third kappa shape index (κ3) is 2.77. The van der Waals surface area contributed by atoms with E-state index >= 15 is 0 Å². The number of nitrogen functional groups attached to an aromatic ring is 1. The van der Waals surface area contributed by atoms with Gasteiger partial charge in [-0.25, -0.2) is 4.98 Å². The molecule has 0 fully saturated rings. The maximum absolute atomic E-state index is 6.16. The highest BCUT2D eigenvalue weighted by molar-refractivity contribution is 5.39. The van der Waals surface area contributed by atoms with Crippen LogP contribution in [0.4, 0.5) is 5.82 Å². The van der Waals surface area contributed by atoms with E-state index in [1.807, 2.05) is 0 Å². The number of imidazole rings is 1. The monoisotopic (exact) mass is 223 g/mol. The Labute approximate surface area is 99.1 Å². The van der Waals surface area contributed by atoms with Crippen LogP contribution >= 0.6 is 0 Å². The molecular weight excluding hydrogens is 198 g/mol. The van der Waals surface area contributed by atoms with Crippen LogP contribution in [0.1, 0.15) is 64.5 Å². The maximum Gasteiger partial charge on any atom is 0.127 e. The highest BCUT2D eigenvalue weighted by Gasteiger charge is 2.14. The Hall–Kier alpha value is -0.990. The smallest absolute Gasteiger partial charge is 0.127 e. The van der Waals surface area contributed by atoms with Crippen molar-refractivity contribution in [1.29, 1.82) is 0 Å². The minimum atomic E-state index is 0.405. The fourth-order valence-electron chi connectivity index (χ4n) is 2.10. The van der Waals surface area contributed by atoms with E-state index in [-0.39, 0.29) is 0 Å². The fourth-order valence-corrected chi connectivity index (χ4v) is 2.10. The molecule has 1 aromatic rings. The fraction of sp³-hybridized carbons (Fsp3) is 0.769. The van der Waals surface area contributed by atoms with Crippen LogP contribution in [0.25, 0.3) is 0 Å². The summed E-state index contributed by atoms with van der Waals surface area (Å²) in [4.78, 5) is 4.66. The first kappa shape index (κ1) is 13.1. The summed E-state index contributed by atoms with van der Waals surface area (Å²) in [5, 5.41) is 0. The van der Waals surface area contributed by atoms with Crippen molar-refractivity contribution >= 4 is 5.82 Å². The van der Waals surface area contributed by atoms with Gasteiger partial charge < -0.3 is 10.3 Å². The van der Waals surface area contributed by atoms with Crippen molar-refractivity contribution in [2.75, 3.05) is 5.73 Å². The topological polar surface area (TPSA) is 43.8 Å². The van der Waals surface area contributed by atoms with E-state index in [4.69, 9.17) is 5.73 Å². The van der Waals surface area contributed by atoms with Crippen molar-refractivity contribution in [2.24, 2.45) is 0 Å². The summed E-state index contributed by atoms with van der Waals surface area (Å²) in [5.74, 6) is 2.00. The van der Waals surface area contributed by atoms with Crippen LogP contribution in [-0.4, -0.2) is 9.55 Å². The Bertz CT molecular complexity index is 326. The molecule has 3 nitrogen and oxygen atoms in total. The number of anilines is 1. The van der Waals surface area contributed by atoms with E-state index in [0.29, 0.717) is 6.04 Å². The molecule has 16 heavy (non-hydrogen) atoms. The normalized spacial score (nSPS) is 11.3. The van der Waals surface area contributed by atoms with Gasteiger partial charge in [0.1, 0.15) is 11.6 Å². The van der Waals surface area contributed by atoms with Gasteiger partial charge >= 0.3 is 0 Å². The molecule has 3 heteroatoms. The third-order valence-electron chi connectivity index (χ3n) is 2.95. The summed E-state index contributed by atoms with van der Waals surface area (Å²) in [6.07, 6.45) is 5.67. The predicted molar refractivity (Wildman–Crippen MR) is 69.6 cm³/mol. The maximum atomic E-state index is 6.16. The van der Waals surface area contributed by atoms with Crippen LogP contribution < -0.4 is 5.73 Å². The van der Waals surface area contributed by atoms with Gasteiger partial charge in [0.25, 0.3) is 0 Å². The lowest BCUT2D eigenvalue weighted by molar-refractivity contribution is 0.579. The van der Waals surface area contributed by atoms with E-state index < -0.39 is 0 Å². The zero-order chi connectivity index (χ0) is 12.1. The van der Waals surface area contributed by atoms with Crippen molar-refractivity contribution in [1.82, 2.24) is 9.55 Å². The van der Waals surface area contributed by atoms with Crippen molar-refractivity contribution in [3.05, 3.63) is 11.5 Å². The van der Waals surface area contributed by atoms with Crippen LogP contribution in [0.2, 0.25) is 0 Å². The largest absolute Gasteiger partial charge is 0.384 e. The van der Waals surface area contributed by atoms with Gasteiger partial charge in [-0.05, 0) is 26.7 Å². The Balaban J connectivity index is 2.86. The van der Waals surface area contributed by atoms with Gasteiger partial charge in [0.2, 0.25) is 0 Å². The molecule has 0 aliphatic carbocycles. The predicted octanol–water partition coefficient (Wildman–Crippen LogP) is 3.34. The summed E-state index contributed by atoms with van der Waals surface area (Å²) in [5.41, 5.74) is 7.26. The molecule has 0 saturated heterocycles. The number of hydrogen-bond donors (Lipinski definition) is 1. The van der Waals surface area contributed by atoms with E-state index in [2.05, 4.69) is 37.2 Å². The van der Waals surface area contributed by atoms with Gasteiger partial charge in [0.05, 0.1) is 5.69 Å². The second-order valence-electron chi connectivity index (χ2n) is 4.63. The first-order valence-corrected chi connectivity index (χ1v) is 6.47. The van der Waals surface area contributed by atoms with Gasteiger partial charge in [-0.2, -0.15) is 0 Å². The minimum Gasteiger partial charge on any atom is -0.384 e. The van der Waals surface area contributed by atoms with Crippen molar-refractivity contribution < 1.29 is 0 Å². The van der Waals surface area contributed by atoms with E-state index in [1.165, 1.54) is 19.3 Å². The summed E-state index contributed by atoms with van der Waals surface area (Å²) >= 11 is 0. The molecule has 1 rings (SSSR count). The number of aromatic nitrogens is 2. The van der Waals surface area contributed by atoms with Gasteiger partial charge in [0, 0.05) is 12.5 Å². The van der Waals surface area contributed by atoms with Crippen LogP contribution in [0.5, 0.6) is 0 Å². The molecule has 1 heterocycles. The number of unbranched alkanes of at least 4 members (excludes halogenated alkanes) is 2. The SMILES string of the molecule is CCCCCc1nc(CC)n(C(C)C)c1N. The molecule has 0 atom stereocenters. The Morgan fingerprint density at radius 1 is 1.25 bits per heavy atom. The van der Waals surface area contributed by atoms with Gasteiger partial charge in [-0.3, -0.25) is 0 Å². The number of nitrogens with zero attached hydrogens (tertiary/aromatic N) is 2. The number of aryl methyl sites for hydroxylation is 2. The zero-order valence-corrected chi connectivity index (χ0v) is 11.1. The second-order valence-corrected chi connectivity index (χ2v) is 4.63. The Morgan fingerprint density at radius 3 is 2.38 bits per heavy atom. The van der Waals surface area contributed by atoms with Crippen molar-refractivity contribution in [3.63, 3.8) is 0 Å². The Morgan fingerprint density at radius 2 is 1.94 bits per heavy atom. The lowest BCUT2D eigenvalue weighted by Crippen LogP contribution is -2.09. The average Bonchev–Trinajstić information content (AvgIpc) is 2.56. The third-order valence-corrected chi connectivity index (χ3v) is 2.95. The number of rotatable bonds is 6. The molecule has 0 aliphatic heterocycles. The second kappa shape index (κ2) is 5.92. The molecule has 2 N–H and O–H groups in total. The summed E-state index contributed by atoms with van der Waals surface area (Å²) in [6.45, 7) is 8.67. The van der Waals surface area contributed by atoms with Crippen LogP contribution in [0.3, 0.4) is 0 Å². The zero-order valence-electron chi connectivity index (χ0n) is 11.1. The van der Waals surface area contributed by atoms with E-state index in [1.54, 1.807) is 0 Å². The van der Waals surface area contributed by atoms with Gasteiger partial charge in [-0.15, -0.1) is 0 Å². The molecule has 0 radical (unpaired) electrons. The average molecular weight is 223 g/mol. The Kier molecular flexibility index (Phi) is 4.84. The van der Waals surface area contributed by atoms with E-state index in [0.717, 1.165) is 30.2 Å². The molecule has 0 aliphatic rings.